The van der Waals surface area contributed by atoms with Gasteiger partial charge in [-0.1, -0.05) is 30.3 Å². The first-order chi connectivity index (χ1) is 13.0. The number of nitrogens with two attached hydrogens (primary N) is 1. The van der Waals surface area contributed by atoms with Crippen LogP contribution in [-0.4, -0.2) is 16.1 Å². The number of benzene rings is 2. The molecule has 0 bridgehead atoms. The molecule has 0 saturated carbocycles. The van der Waals surface area contributed by atoms with Crippen molar-refractivity contribution in [3.63, 3.8) is 0 Å². The van der Waals surface area contributed by atoms with Gasteiger partial charge in [-0.3, -0.25) is 9.59 Å². The van der Waals surface area contributed by atoms with E-state index >= 15 is 0 Å². The number of pyridine rings is 1. The van der Waals surface area contributed by atoms with Crippen molar-refractivity contribution >= 4 is 50.7 Å². The van der Waals surface area contributed by atoms with Crippen LogP contribution in [0.15, 0.2) is 52.6 Å². The number of hydrogen-bond acceptors (Lipinski definition) is 4. The van der Waals surface area contributed by atoms with Crippen LogP contribution in [0.25, 0.3) is 32.1 Å². The number of rotatable bonds is 4. The van der Waals surface area contributed by atoms with Gasteiger partial charge in [-0.25, -0.2) is 0 Å². The Bertz CT molecular complexity index is 1230. The van der Waals surface area contributed by atoms with Crippen molar-refractivity contribution in [2.24, 2.45) is 5.73 Å². The lowest BCUT2D eigenvalue weighted by Crippen LogP contribution is -2.07. The fraction of sp³-hybridized carbons (Fsp3) is 0.143. The molecule has 4 N–H and O–H groups in total. The van der Waals surface area contributed by atoms with Crippen molar-refractivity contribution in [1.29, 1.82) is 0 Å². The highest BCUT2D eigenvalue weighted by molar-refractivity contribution is 7.17. The van der Waals surface area contributed by atoms with Gasteiger partial charge in [0.25, 0.3) is 5.56 Å². The maximum atomic E-state index is 12.3. The summed E-state index contributed by atoms with van der Waals surface area (Å²) in [7, 11) is 0. The fourth-order valence-electron chi connectivity index (χ4n) is 3.48. The number of carboxylic acid groups (broad SMARTS) is 1. The van der Waals surface area contributed by atoms with E-state index in [1.165, 1.54) is 11.3 Å². The van der Waals surface area contributed by atoms with Gasteiger partial charge in [0.2, 0.25) is 0 Å². The zero-order valence-corrected chi connectivity index (χ0v) is 16.7. The molecule has 0 aliphatic carbocycles. The molecular weight excluding hydrogens is 396 g/mol. The molecule has 2 aromatic carbocycles. The van der Waals surface area contributed by atoms with Gasteiger partial charge in [-0.05, 0) is 46.7 Å². The number of thiophene rings is 1. The third kappa shape index (κ3) is 3.42. The molecule has 0 fully saturated rings. The molecule has 4 rings (SSSR count). The molecule has 1 atom stereocenters. The Hall–Kier alpha value is -2.67. The Kier molecular flexibility index (Phi) is 5.56. The van der Waals surface area contributed by atoms with Crippen LogP contribution in [0, 0.1) is 0 Å². The molecule has 0 aliphatic rings. The van der Waals surface area contributed by atoms with Gasteiger partial charge in [-0.2, -0.15) is 0 Å². The number of hydrogen-bond donors (Lipinski definition) is 3. The van der Waals surface area contributed by atoms with Gasteiger partial charge in [0.15, 0.2) is 0 Å². The van der Waals surface area contributed by atoms with Crippen molar-refractivity contribution in [2.75, 3.05) is 0 Å². The normalized spacial score (nSPS) is 12.1. The molecule has 144 valence electrons. The van der Waals surface area contributed by atoms with E-state index in [0.29, 0.717) is 15.8 Å². The summed E-state index contributed by atoms with van der Waals surface area (Å²) in [6.45, 7) is 1.92. The largest absolute Gasteiger partial charge is 0.481 e. The van der Waals surface area contributed by atoms with Crippen LogP contribution in [0.4, 0.5) is 0 Å². The minimum Gasteiger partial charge on any atom is -0.481 e. The predicted molar refractivity (Wildman–Crippen MR) is 117 cm³/mol. The summed E-state index contributed by atoms with van der Waals surface area (Å²) in [5.41, 5.74) is 9.98. The van der Waals surface area contributed by atoms with Crippen LogP contribution < -0.4 is 11.3 Å². The molecule has 4 aromatic rings. The topological polar surface area (TPSA) is 96.2 Å². The summed E-state index contributed by atoms with van der Waals surface area (Å²) in [4.78, 5) is 26.7. The van der Waals surface area contributed by atoms with Gasteiger partial charge in [0, 0.05) is 22.3 Å². The average molecular weight is 415 g/mol. The van der Waals surface area contributed by atoms with Crippen molar-refractivity contribution in [3.8, 4) is 11.1 Å². The van der Waals surface area contributed by atoms with Crippen LogP contribution >= 0.6 is 23.7 Å². The molecule has 28 heavy (non-hydrogen) atoms. The van der Waals surface area contributed by atoms with Crippen LogP contribution in [0.5, 0.6) is 0 Å². The highest BCUT2D eigenvalue weighted by Crippen LogP contribution is 2.37. The first-order valence-electron chi connectivity index (χ1n) is 8.58. The number of nitrogens with one attached hydrogen (secondary N) is 1. The van der Waals surface area contributed by atoms with E-state index in [1.54, 1.807) is 12.1 Å². The van der Waals surface area contributed by atoms with E-state index in [4.69, 9.17) is 5.73 Å². The van der Waals surface area contributed by atoms with Crippen molar-refractivity contribution in [2.45, 2.75) is 19.4 Å². The van der Waals surface area contributed by atoms with E-state index < -0.39 is 5.97 Å². The summed E-state index contributed by atoms with van der Waals surface area (Å²) in [5, 5.41) is 13.0. The molecule has 0 aliphatic heterocycles. The van der Waals surface area contributed by atoms with E-state index in [2.05, 4.69) is 4.98 Å². The molecule has 5 nitrogen and oxygen atoms in total. The minimum atomic E-state index is -0.895. The Labute approximate surface area is 171 Å². The Morgan fingerprint density at radius 1 is 1.18 bits per heavy atom. The van der Waals surface area contributed by atoms with Gasteiger partial charge in [0.1, 0.15) is 4.70 Å². The zero-order valence-electron chi connectivity index (χ0n) is 15.1. The highest BCUT2D eigenvalue weighted by atomic mass is 35.5. The van der Waals surface area contributed by atoms with Crippen LogP contribution in [0.1, 0.15) is 24.1 Å². The second-order valence-electron chi connectivity index (χ2n) is 6.62. The number of aliphatic carboxylic acids is 1. The molecule has 0 radical (unpaired) electrons. The van der Waals surface area contributed by atoms with E-state index in [0.717, 1.165) is 27.5 Å². The molecule has 7 heteroatoms. The standard InChI is InChI=1S/C21H18N2O3S.ClH/c1-11(22)12-2-4-13(5-3-12)18-14(10-17(24)25)6-7-16-19(18)15-8-9-27-20(15)21(26)23-16;/h2-9,11H,10,22H2,1H3,(H,23,26)(H,24,25);1H. The number of H-pyrrole nitrogens is 1. The Morgan fingerprint density at radius 3 is 2.54 bits per heavy atom. The summed E-state index contributed by atoms with van der Waals surface area (Å²) in [5.74, 6) is -0.895. The summed E-state index contributed by atoms with van der Waals surface area (Å²) >= 11 is 1.38. The van der Waals surface area contributed by atoms with Crippen LogP contribution in [-0.2, 0) is 11.2 Å². The molecule has 2 aromatic heterocycles. The molecule has 0 amide bonds. The fourth-order valence-corrected chi connectivity index (χ4v) is 4.28. The maximum Gasteiger partial charge on any atom is 0.307 e. The summed E-state index contributed by atoms with van der Waals surface area (Å²) in [6.07, 6.45) is -0.0922. The SMILES string of the molecule is CC(N)c1ccc(-c2c(CC(=O)O)ccc3[nH]c(=O)c4sccc4c23)cc1.Cl. The lowest BCUT2D eigenvalue weighted by atomic mass is 9.91. The quantitative estimate of drug-likeness (QED) is 0.458. The number of carboxylic acids is 1. The van der Waals surface area contributed by atoms with Gasteiger partial charge in [0.05, 0.1) is 6.42 Å². The minimum absolute atomic E-state index is 0. The molecule has 0 saturated heterocycles. The van der Waals surface area contributed by atoms with E-state index in [9.17, 15) is 14.7 Å². The number of fused-ring (bicyclic) bond motifs is 3. The third-order valence-corrected chi connectivity index (χ3v) is 5.66. The highest BCUT2D eigenvalue weighted by Gasteiger charge is 2.17. The van der Waals surface area contributed by atoms with Crippen molar-refractivity contribution in [3.05, 3.63) is 69.3 Å². The second kappa shape index (κ2) is 7.75. The molecule has 2 heterocycles. The number of aromatic nitrogens is 1. The summed E-state index contributed by atoms with van der Waals surface area (Å²) in [6, 6.07) is 13.2. The predicted octanol–water partition coefficient (Wildman–Crippen LogP) is 4.48. The Morgan fingerprint density at radius 2 is 1.89 bits per heavy atom. The lowest BCUT2D eigenvalue weighted by molar-refractivity contribution is -0.136. The van der Waals surface area contributed by atoms with Gasteiger partial charge < -0.3 is 15.8 Å². The number of carbonyl (C=O) groups is 1. The lowest BCUT2D eigenvalue weighted by Gasteiger charge is -2.14. The number of halogens is 1. The third-order valence-electron chi connectivity index (χ3n) is 4.75. The van der Waals surface area contributed by atoms with E-state index in [-0.39, 0.29) is 30.4 Å². The summed E-state index contributed by atoms with van der Waals surface area (Å²) < 4.78 is 0.642. The monoisotopic (exact) mass is 414 g/mol. The molecular formula is C21H19ClN2O3S. The smallest absolute Gasteiger partial charge is 0.307 e. The van der Waals surface area contributed by atoms with Crippen molar-refractivity contribution < 1.29 is 9.90 Å². The van der Waals surface area contributed by atoms with Crippen LogP contribution in [0.2, 0.25) is 0 Å². The van der Waals surface area contributed by atoms with Gasteiger partial charge >= 0.3 is 5.97 Å². The second-order valence-corrected chi connectivity index (χ2v) is 7.54. The van der Waals surface area contributed by atoms with E-state index in [1.807, 2.05) is 42.6 Å². The zero-order chi connectivity index (χ0) is 19.1. The average Bonchev–Trinajstić information content (AvgIpc) is 3.12. The molecule has 1 unspecified atom stereocenters. The Balaban J connectivity index is 0.00000225. The van der Waals surface area contributed by atoms with Crippen LogP contribution in [0.3, 0.4) is 0 Å². The first-order valence-corrected chi connectivity index (χ1v) is 9.46. The number of aromatic amines is 1. The first kappa shape index (κ1) is 20.1. The maximum absolute atomic E-state index is 12.3. The molecule has 0 spiro atoms. The van der Waals surface area contributed by atoms with Gasteiger partial charge in [-0.15, -0.1) is 23.7 Å². The van der Waals surface area contributed by atoms with Crippen molar-refractivity contribution in [1.82, 2.24) is 4.98 Å².